The molecule has 3 rings (SSSR count). The minimum absolute atomic E-state index is 0.0425. The molecule has 0 aliphatic heterocycles. The van der Waals surface area contributed by atoms with Crippen LogP contribution in [0.3, 0.4) is 0 Å². The molecule has 3 aromatic carbocycles. The number of rotatable bonds is 4. The maximum atomic E-state index is 9.54. The first kappa shape index (κ1) is 21.6. The second-order valence-electron chi connectivity index (χ2n) is 9.50. The van der Waals surface area contributed by atoms with Gasteiger partial charge in [-0.15, -0.1) is 0 Å². The van der Waals surface area contributed by atoms with Crippen molar-refractivity contribution in [2.45, 2.75) is 52.4 Å². The minimum Gasteiger partial charge on any atom is -0.449 e. The first-order chi connectivity index (χ1) is 13.6. The van der Waals surface area contributed by atoms with Crippen LogP contribution in [0, 0.1) is 0 Å². The highest BCUT2D eigenvalue weighted by atomic mass is 31.1. The van der Waals surface area contributed by atoms with Gasteiger partial charge >= 0.3 is 0 Å². The van der Waals surface area contributed by atoms with Crippen LogP contribution in [-0.4, -0.2) is 4.89 Å². The predicted molar refractivity (Wildman–Crippen MR) is 126 cm³/mol. The molecule has 0 fully saturated rings. The van der Waals surface area contributed by atoms with E-state index in [2.05, 4.69) is 77.9 Å². The maximum Gasteiger partial charge on any atom is 0.212 e. The highest BCUT2D eigenvalue weighted by Gasteiger charge is 2.25. The van der Waals surface area contributed by atoms with Gasteiger partial charge in [-0.3, -0.25) is 0 Å². The van der Waals surface area contributed by atoms with Crippen molar-refractivity contribution in [1.29, 1.82) is 0 Å². The molecule has 3 heteroatoms. The Hall–Kier alpha value is -2.15. The highest BCUT2D eigenvalue weighted by molar-refractivity contribution is 7.25. The third-order valence-electron chi connectivity index (χ3n) is 5.23. The first-order valence-corrected chi connectivity index (χ1v) is 10.9. The fourth-order valence-corrected chi connectivity index (χ4v) is 3.92. The Morgan fingerprint density at radius 3 is 2.00 bits per heavy atom. The summed E-state index contributed by atoms with van der Waals surface area (Å²) < 4.78 is 5.70. The van der Waals surface area contributed by atoms with E-state index in [9.17, 15) is 4.89 Å². The average Bonchev–Trinajstić information content (AvgIpc) is 2.67. The normalized spacial score (nSPS) is 12.5. The lowest BCUT2D eigenvalue weighted by Crippen LogP contribution is -2.17. The molecule has 2 nitrogen and oxygen atoms in total. The molecule has 1 N–H and O–H groups in total. The third-order valence-corrected chi connectivity index (χ3v) is 5.54. The molecule has 1 unspecified atom stereocenters. The van der Waals surface area contributed by atoms with Crippen molar-refractivity contribution in [3.63, 3.8) is 0 Å². The van der Waals surface area contributed by atoms with Crippen molar-refractivity contribution in [3.8, 4) is 28.0 Å². The van der Waals surface area contributed by atoms with Gasteiger partial charge in [-0.25, -0.2) is 0 Å². The van der Waals surface area contributed by atoms with E-state index in [0.29, 0.717) is 5.75 Å². The second-order valence-corrected chi connectivity index (χ2v) is 9.89. The van der Waals surface area contributed by atoms with Crippen LogP contribution < -0.4 is 4.52 Å². The maximum absolute atomic E-state index is 9.54. The topological polar surface area (TPSA) is 29.5 Å². The molecule has 0 saturated heterocycles. The molecule has 29 heavy (non-hydrogen) atoms. The summed E-state index contributed by atoms with van der Waals surface area (Å²) >= 11 is 0. The van der Waals surface area contributed by atoms with Gasteiger partial charge in [0.25, 0.3) is 0 Å². The van der Waals surface area contributed by atoms with Crippen molar-refractivity contribution in [1.82, 2.24) is 0 Å². The zero-order valence-electron chi connectivity index (χ0n) is 18.2. The van der Waals surface area contributed by atoms with Crippen LogP contribution in [0.2, 0.25) is 0 Å². The lowest BCUT2D eigenvalue weighted by atomic mass is 9.76. The van der Waals surface area contributed by atoms with Gasteiger partial charge in [0.1, 0.15) is 5.75 Å². The average molecular weight is 407 g/mol. The van der Waals surface area contributed by atoms with Crippen LogP contribution in [0.5, 0.6) is 5.75 Å². The summed E-state index contributed by atoms with van der Waals surface area (Å²) in [5.41, 5.74) is 7.05. The second kappa shape index (κ2) is 8.30. The van der Waals surface area contributed by atoms with Crippen LogP contribution in [0.1, 0.15) is 52.7 Å². The molecule has 0 aromatic heterocycles. The quantitative estimate of drug-likeness (QED) is 0.455. The van der Waals surface area contributed by atoms with Crippen LogP contribution in [-0.2, 0) is 10.8 Å². The Bertz CT molecular complexity index is 980. The SMILES string of the molecule is CC(C)(C)c1ccc(-c2c(OPO)cccc2-c2ccccc2)c(C(C)(C)C)c1. The van der Waals surface area contributed by atoms with Crippen molar-refractivity contribution in [3.05, 3.63) is 77.9 Å². The zero-order valence-corrected chi connectivity index (χ0v) is 19.2. The molecule has 1 atom stereocenters. The lowest BCUT2D eigenvalue weighted by Gasteiger charge is -2.29. The summed E-state index contributed by atoms with van der Waals surface area (Å²) in [6.45, 7) is 13.5. The van der Waals surface area contributed by atoms with Gasteiger partial charge in [-0.05, 0) is 44.7 Å². The largest absolute Gasteiger partial charge is 0.449 e. The van der Waals surface area contributed by atoms with Crippen molar-refractivity contribution in [2.24, 2.45) is 0 Å². The van der Waals surface area contributed by atoms with E-state index in [1.165, 1.54) is 11.1 Å². The lowest BCUT2D eigenvalue weighted by molar-refractivity contribution is 0.515. The third kappa shape index (κ3) is 4.71. The Kier molecular flexibility index (Phi) is 6.17. The molecule has 0 aliphatic carbocycles. The summed E-state index contributed by atoms with van der Waals surface area (Å²) in [5, 5.41) is 0. The number of benzene rings is 3. The summed E-state index contributed by atoms with van der Waals surface area (Å²) in [5.74, 6) is 0.709. The van der Waals surface area contributed by atoms with Crippen LogP contribution in [0.15, 0.2) is 66.7 Å². The highest BCUT2D eigenvalue weighted by Crippen LogP contribution is 2.45. The van der Waals surface area contributed by atoms with Gasteiger partial charge in [0, 0.05) is 5.56 Å². The van der Waals surface area contributed by atoms with Crippen LogP contribution in [0.25, 0.3) is 22.3 Å². The molecule has 0 heterocycles. The molecule has 0 spiro atoms. The Morgan fingerprint density at radius 1 is 0.724 bits per heavy atom. The van der Waals surface area contributed by atoms with E-state index in [1.54, 1.807) is 0 Å². The standard InChI is InChI=1S/C26H31O2P/c1-25(2,3)19-15-16-21(22(17-19)26(4,5)6)24-20(18-11-8-7-9-12-18)13-10-14-23(24)28-29-27/h7-17,27,29H,1-6H3. The van der Waals surface area contributed by atoms with Gasteiger partial charge < -0.3 is 9.42 Å². The predicted octanol–water partition coefficient (Wildman–Crippen LogP) is 7.50. The fourth-order valence-electron chi connectivity index (χ4n) is 3.65. The van der Waals surface area contributed by atoms with Crippen molar-refractivity contribution < 1.29 is 9.42 Å². The van der Waals surface area contributed by atoms with E-state index < -0.39 is 9.03 Å². The molecule has 3 aromatic rings. The summed E-state index contributed by atoms with van der Waals surface area (Å²) in [4.78, 5) is 9.54. The molecule has 152 valence electrons. The van der Waals surface area contributed by atoms with Gasteiger partial charge in [0.05, 0.1) is 0 Å². The zero-order chi connectivity index (χ0) is 21.2. The van der Waals surface area contributed by atoms with Crippen molar-refractivity contribution >= 4 is 9.03 Å². The molecule has 0 amide bonds. The van der Waals surface area contributed by atoms with Gasteiger partial charge in [0.2, 0.25) is 9.03 Å². The summed E-state index contributed by atoms with van der Waals surface area (Å²) in [6, 6.07) is 23.2. The van der Waals surface area contributed by atoms with E-state index in [1.807, 2.05) is 30.3 Å². The van der Waals surface area contributed by atoms with E-state index in [-0.39, 0.29) is 10.8 Å². The van der Waals surface area contributed by atoms with E-state index in [4.69, 9.17) is 4.52 Å². The fraction of sp³-hybridized carbons (Fsp3) is 0.308. The molecular weight excluding hydrogens is 375 g/mol. The van der Waals surface area contributed by atoms with Gasteiger partial charge in [0.15, 0.2) is 0 Å². The van der Waals surface area contributed by atoms with Crippen molar-refractivity contribution in [2.75, 3.05) is 0 Å². The molecule has 0 aliphatic rings. The van der Waals surface area contributed by atoms with Crippen LogP contribution >= 0.6 is 9.03 Å². The summed E-state index contributed by atoms with van der Waals surface area (Å²) in [6.07, 6.45) is 0. The van der Waals surface area contributed by atoms with Gasteiger partial charge in [-0.1, -0.05) is 102 Å². The monoisotopic (exact) mass is 406 g/mol. The minimum atomic E-state index is -0.597. The molecule has 0 bridgehead atoms. The molecular formula is C26H31O2P. The summed E-state index contributed by atoms with van der Waals surface area (Å²) in [7, 11) is -0.597. The smallest absolute Gasteiger partial charge is 0.212 e. The molecule has 0 saturated carbocycles. The molecule has 0 radical (unpaired) electrons. The van der Waals surface area contributed by atoms with Crippen LogP contribution in [0.4, 0.5) is 0 Å². The Balaban J connectivity index is 2.35. The Morgan fingerprint density at radius 2 is 1.41 bits per heavy atom. The van der Waals surface area contributed by atoms with Gasteiger partial charge in [-0.2, -0.15) is 0 Å². The Labute approximate surface area is 176 Å². The number of hydrogen-bond acceptors (Lipinski definition) is 2. The first-order valence-electron chi connectivity index (χ1n) is 10.0. The van der Waals surface area contributed by atoms with E-state index >= 15 is 0 Å². The number of hydrogen-bond donors (Lipinski definition) is 1. The van der Waals surface area contributed by atoms with E-state index in [0.717, 1.165) is 22.3 Å².